The first-order chi connectivity index (χ1) is 7.70. The van der Waals surface area contributed by atoms with Crippen LogP contribution in [-0.4, -0.2) is 30.6 Å². The van der Waals surface area contributed by atoms with Crippen LogP contribution >= 0.6 is 0 Å². The lowest BCUT2D eigenvalue weighted by Gasteiger charge is -2.49. The van der Waals surface area contributed by atoms with Crippen LogP contribution in [0.5, 0.6) is 0 Å². The molecule has 1 rings (SSSR count). The summed E-state index contributed by atoms with van der Waals surface area (Å²) in [6.45, 7) is 13.6. The highest BCUT2D eigenvalue weighted by Gasteiger charge is 2.40. The zero-order chi connectivity index (χ0) is 13.3. The molecule has 2 nitrogen and oxygen atoms in total. The molecular weight excluding hydrogens is 208 g/mol. The largest absolute Gasteiger partial charge is 0.329 e. The third-order valence-corrected chi connectivity index (χ3v) is 4.64. The van der Waals surface area contributed by atoms with E-state index < -0.39 is 0 Å². The maximum atomic E-state index is 6.12. The van der Waals surface area contributed by atoms with Gasteiger partial charge in [0.25, 0.3) is 0 Å². The minimum absolute atomic E-state index is 0.249. The van der Waals surface area contributed by atoms with E-state index >= 15 is 0 Å². The minimum Gasteiger partial charge on any atom is -0.329 e. The van der Waals surface area contributed by atoms with Gasteiger partial charge in [-0.2, -0.15) is 0 Å². The smallest absolute Gasteiger partial charge is 0.0331 e. The van der Waals surface area contributed by atoms with Crippen LogP contribution in [0.25, 0.3) is 0 Å². The van der Waals surface area contributed by atoms with Crippen molar-refractivity contribution in [3.8, 4) is 0 Å². The lowest BCUT2D eigenvalue weighted by Crippen LogP contribution is -2.57. The number of likely N-dealkylation sites (N-methyl/N-ethyl adjacent to an activating group) is 1. The quantitative estimate of drug-likeness (QED) is 0.821. The van der Waals surface area contributed by atoms with Crippen LogP contribution < -0.4 is 5.73 Å². The molecule has 102 valence electrons. The predicted molar refractivity (Wildman–Crippen MR) is 76.0 cm³/mol. The first-order valence-corrected chi connectivity index (χ1v) is 7.11. The van der Waals surface area contributed by atoms with E-state index in [9.17, 15) is 0 Å². The second-order valence-electron chi connectivity index (χ2n) is 7.54. The monoisotopic (exact) mass is 240 g/mol. The molecule has 1 saturated carbocycles. The highest BCUT2D eigenvalue weighted by molar-refractivity contribution is 4.97. The Morgan fingerprint density at radius 2 is 1.82 bits per heavy atom. The molecule has 3 atom stereocenters. The molecule has 2 heteroatoms. The van der Waals surface area contributed by atoms with Crippen molar-refractivity contribution in [1.29, 1.82) is 0 Å². The minimum atomic E-state index is 0.249. The number of hydrogen-bond donors (Lipinski definition) is 1. The van der Waals surface area contributed by atoms with Gasteiger partial charge in [0, 0.05) is 18.6 Å². The summed E-state index contributed by atoms with van der Waals surface area (Å²) in [6.07, 6.45) is 3.85. The fraction of sp³-hybridized carbons (Fsp3) is 1.00. The van der Waals surface area contributed by atoms with E-state index in [1.165, 1.54) is 19.3 Å². The number of rotatable bonds is 3. The van der Waals surface area contributed by atoms with E-state index in [0.717, 1.165) is 24.9 Å². The molecule has 0 radical (unpaired) electrons. The van der Waals surface area contributed by atoms with Gasteiger partial charge >= 0.3 is 0 Å². The van der Waals surface area contributed by atoms with Gasteiger partial charge in [-0.05, 0) is 43.6 Å². The van der Waals surface area contributed by atoms with Crippen LogP contribution in [0.15, 0.2) is 0 Å². The van der Waals surface area contributed by atoms with Gasteiger partial charge in [-0.25, -0.2) is 0 Å². The molecule has 0 aliphatic heterocycles. The Hall–Kier alpha value is -0.0800. The van der Waals surface area contributed by atoms with E-state index in [-0.39, 0.29) is 5.54 Å². The molecule has 0 amide bonds. The molecule has 0 aromatic carbocycles. The average molecular weight is 240 g/mol. The standard InChI is InChI=1S/C15H32N2/c1-12-7-8-15(10-16,9-13(12)2)17(6)11-14(3,4)5/h12-13H,7-11,16H2,1-6H3. The van der Waals surface area contributed by atoms with Gasteiger partial charge in [0.2, 0.25) is 0 Å². The van der Waals surface area contributed by atoms with Gasteiger partial charge in [-0.15, -0.1) is 0 Å². The van der Waals surface area contributed by atoms with Crippen LogP contribution in [0.2, 0.25) is 0 Å². The average Bonchev–Trinajstić information content (AvgIpc) is 2.20. The van der Waals surface area contributed by atoms with E-state index in [1.807, 2.05) is 0 Å². The van der Waals surface area contributed by atoms with Gasteiger partial charge in [0.1, 0.15) is 0 Å². The Kier molecular flexibility index (Phi) is 4.65. The molecule has 0 saturated heterocycles. The highest BCUT2D eigenvalue weighted by Crippen LogP contribution is 2.39. The maximum Gasteiger partial charge on any atom is 0.0331 e. The Labute approximate surface area is 108 Å². The van der Waals surface area contributed by atoms with E-state index in [4.69, 9.17) is 5.73 Å². The summed E-state index contributed by atoms with van der Waals surface area (Å²) in [7, 11) is 2.26. The molecule has 3 unspecified atom stereocenters. The second kappa shape index (κ2) is 5.27. The normalized spacial score (nSPS) is 35.3. The topological polar surface area (TPSA) is 29.3 Å². The molecular formula is C15H32N2. The number of nitrogens with zero attached hydrogens (tertiary/aromatic N) is 1. The maximum absolute atomic E-state index is 6.12. The van der Waals surface area contributed by atoms with Crippen LogP contribution in [0.3, 0.4) is 0 Å². The predicted octanol–water partition coefficient (Wildman–Crippen LogP) is 3.12. The lowest BCUT2D eigenvalue weighted by atomic mass is 9.70. The van der Waals surface area contributed by atoms with E-state index in [2.05, 4.69) is 46.6 Å². The Morgan fingerprint density at radius 3 is 2.24 bits per heavy atom. The van der Waals surface area contributed by atoms with Gasteiger partial charge < -0.3 is 5.73 Å². The zero-order valence-electron chi connectivity index (χ0n) is 12.7. The SMILES string of the molecule is CC1CCC(CN)(N(C)CC(C)(C)C)CC1C. The van der Waals surface area contributed by atoms with Gasteiger partial charge in [0.15, 0.2) is 0 Å². The van der Waals surface area contributed by atoms with E-state index in [0.29, 0.717) is 5.41 Å². The summed E-state index contributed by atoms with van der Waals surface area (Å²) < 4.78 is 0. The van der Waals surface area contributed by atoms with Crippen molar-refractivity contribution in [2.24, 2.45) is 23.0 Å². The summed E-state index contributed by atoms with van der Waals surface area (Å²) in [4.78, 5) is 2.54. The van der Waals surface area contributed by atoms with E-state index in [1.54, 1.807) is 0 Å². The number of hydrogen-bond acceptors (Lipinski definition) is 2. The van der Waals surface area contributed by atoms with Crippen LogP contribution in [-0.2, 0) is 0 Å². The van der Waals surface area contributed by atoms with Crippen LogP contribution in [0, 0.1) is 17.3 Å². The molecule has 1 fully saturated rings. The Bertz CT molecular complexity index is 244. The van der Waals surface area contributed by atoms with Crippen molar-refractivity contribution >= 4 is 0 Å². The molecule has 0 aromatic rings. The molecule has 1 aliphatic rings. The third kappa shape index (κ3) is 3.69. The summed E-state index contributed by atoms with van der Waals surface area (Å²) in [5.41, 5.74) is 6.72. The molecule has 2 N–H and O–H groups in total. The Morgan fingerprint density at radius 1 is 1.24 bits per heavy atom. The lowest BCUT2D eigenvalue weighted by molar-refractivity contribution is 0.0201. The van der Waals surface area contributed by atoms with Gasteiger partial charge in [-0.1, -0.05) is 34.6 Å². The van der Waals surface area contributed by atoms with Crippen molar-refractivity contribution in [2.45, 2.75) is 59.4 Å². The molecule has 0 heterocycles. The first-order valence-electron chi connectivity index (χ1n) is 7.11. The number of nitrogens with two attached hydrogens (primary N) is 1. The van der Waals surface area contributed by atoms with Crippen molar-refractivity contribution in [3.05, 3.63) is 0 Å². The van der Waals surface area contributed by atoms with Crippen LogP contribution in [0.4, 0.5) is 0 Å². The fourth-order valence-corrected chi connectivity index (χ4v) is 3.25. The molecule has 17 heavy (non-hydrogen) atoms. The molecule has 1 aliphatic carbocycles. The summed E-state index contributed by atoms with van der Waals surface area (Å²) in [6, 6.07) is 0. The molecule has 0 spiro atoms. The van der Waals surface area contributed by atoms with Crippen molar-refractivity contribution in [3.63, 3.8) is 0 Å². The molecule has 0 aromatic heterocycles. The fourth-order valence-electron chi connectivity index (χ4n) is 3.25. The van der Waals surface area contributed by atoms with Crippen molar-refractivity contribution < 1.29 is 0 Å². The van der Waals surface area contributed by atoms with Crippen molar-refractivity contribution in [2.75, 3.05) is 20.1 Å². The first kappa shape index (κ1) is 15.0. The third-order valence-electron chi connectivity index (χ3n) is 4.64. The zero-order valence-corrected chi connectivity index (χ0v) is 12.7. The summed E-state index contributed by atoms with van der Waals surface area (Å²) >= 11 is 0. The van der Waals surface area contributed by atoms with Crippen LogP contribution in [0.1, 0.15) is 53.9 Å². The summed E-state index contributed by atoms with van der Waals surface area (Å²) in [5, 5.41) is 0. The second-order valence-corrected chi connectivity index (χ2v) is 7.54. The van der Waals surface area contributed by atoms with Gasteiger partial charge in [0.05, 0.1) is 0 Å². The van der Waals surface area contributed by atoms with Gasteiger partial charge in [-0.3, -0.25) is 4.90 Å². The highest BCUT2D eigenvalue weighted by atomic mass is 15.2. The summed E-state index contributed by atoms with van der Waals surface area (Å²) in [5.74, 6) is 1.66. The Balaban J connectivity index is 2.75. The van der Waals surface area contributed by atoms with Crippen molar-refractivity contribution in [1.82, 2.24) is 4.90 Å². The molecule has 0 bridgehead atoms.